The molecule has 0 aliphatic heterocycles. The third kappa shape index (κ3) is 2.52. The number of carbonyl (C=O) groups excluding carboxylic acids is 1. The number of fused-ring (bicyclic) bond motifs is 1. The van der Waals surface area contributed by atoms with Gasteiger partial charge in [-0.25, -0.2) is 9.37 Å². The van der Waals surface area contributed by atoms with E-state index in [0.29, 0.717) is 24.8 Å². The van der Waals surface area contributed by atoms with Crippen LogP contribution in [-0.4, -0.2) is 21.1 Å². The molecule has 2 saturated carbocycles. The molecule has 0 atom stereocenters. The van der Waals surface area contributed by atoms with Gasteiger partial charge < -0.3 is 4.57 Å². The summed E-state index contributed by atoms with van der Waals surface area (Å²) in [6.45, 7) is 3.62. The summed E-state index contributed by atoms with van der Waals surface area (Å²) >= 11 is 0. The monoisotopic (exact) mass is 315 g/mol. The first-order valence-corrected chi connectivity index (χ1v) is 8.41. The Morgan fingerprint density at radius 3 is 2.74 bits per heavy atom. The third-order valence-electron chi connectivity index (χ3n) is 5.23. The zero-order valence-corrected chi connectivity index (χ0v) is 13.6. The predicted octanol–water partition coefficient (Wildman–Crippen LogP) is 4.15. The van der Waals surface area contributed by atoms with Gasteiger partial charge in [-0.1, -0.05) is 6.07 Å². The maximum atomic E-state index is 13.6. The lowest BCUT2D eigenvalue weighted by Gasteiger charge is -2.37. The third-order valence-corrected chi connectivity index (χ3v) is 5.23. The number of halogens is 1. The number of carbonyl (C=O) groups is 1. The Kier molecular flexibility index (Phi) is 3.22. The summed E-state index contributed by atoms with van der Waals surface area (Å²) in [6.07, 6.45) is 4.07. The van der Waals surface area contributed by atoms with Crippen molar-refractivity contribution in [2.75, 3.05) is 5.32 Å². The van der Waals surface area contributed by atoms with Crippen molar-refractivity contribution in [2.45, 2.75) is 57.7 Å². The lowest BCUT2D eigenvalue weighted by molar-refractivity contribution is -0.127. The van der Waals surface area contributed by atoms with Crippen molar-refractivity contribution in [1.29, 1.82) is 0 Å². The number of hydrogen-bond donors (Lipinski definition) is 1. The molecule has 1 N–H and O–H groups in total. The minimum Gasteiger partial charge on any atom is -0.307 e. The molecule has 1 aromatic heterocycles. The molecule has 4 rings (SSSR count). The molecule has 4 nitrogen and oxygen atoms in total. The van der Waals surface area contributed by atoms with Gasteiger partial charge in [-0.05, 0) is 63.6 Å². The first kappa shape index (κ1) is 14.7. The number of rotatable bonds is 3. The van der Waals surface area contributed by atoms with E-state index in [4.69, 9.17) is 0 Å². The van der Waals surface area contributed by atoms with E-state index in [1.807, 2.05) is 12.1 Å². The standard InChI is InChI=1S/C18H22FN3O/c1-11-6-7-14-15(8-11)22(13-4-3-5-13)17(20-14)21-16(23)12-9-18(2,19)10-12/h6-8,12-13H,3-5,9-10H2,1-2H3,(H,20,21,23). The first-order chi connectivity index (χ1) is 10.9. The largest absolute Gasteiger partial charge is 0.307 e. The van der Waals surface area contributed by atoms with Crippen LogP contribution in [0.3, 0.4) is 0 Å². The van der Waals surface area contributed by atoms with E-state index in [-0.39, 0.29) is 11.8 Å². The van der Waals surface area contributed by atoms with Gasteiger partial charge in [0.15, 0.2) is 0 Å². The molecule has 2 aliphatic rings. The number of aromatic nitrogens is 2. The number of aryl methyl sites for hydroxylation is 1. The van der Waals surface area contributed by atoms with Crippen molar-refractivity contribution in [1.82, 2.24) is 9.55 Å². The molecule has 2 aliphatic carbocycles. The van der Waals surface area contributed by atoms with Gasteiger partial charge in [0, 0.05) is 12.0 Å². The number of nitrogens with zero attached hydrogens (tertiary/aromatic N) is 2. The Morgan fingerprint density at radius 2 is 2.13 bits per heavy atom. The van der Waals surface area contributed by atoms with Gasteiger partial charge in [-0.3, -0.25) is 10.1 Å². The summed E-state index contributed by atoms with van der Waals surface area (Å²) in [7, 11) is 0. The molecular formula is C18H22FN3O. The summed E-state index contributed by atoms with van der Waals surface area (Å²) in [4.78, 5) is 17.0. The summed E-state index contributed by atoms with van der Waals surface area (Å²) in [5.41, 5.74) is 1.98. The number of amides is 1. The van der Waals surface area contributed by atoms with Gasteiger partial charge in [0.05, 0.1) is 11.0 Å². The zero-order chi connectivity index (χ0) is 16.2. The number of imidazole rings is 1. The van der Waals surface area contributed by atoms with Crippen molar-refractivity contribution in [3.8, 4) is 0 Å². The minimum absolute atomic E-state index is 0.104. The van der Waals surface area contributed by atoms with Crippen molar-refractivity contribution >= 4 is 22.9 Å². The Hall–Kier alpha value is -1.91. The lowest BCUT2D eigenvalue weighted by Crippen LogP contribution is -2.43. The van der Waals surface area contributed by atoms with Gasteiger partial charge in [-0.15, -0.1) is 0 Å². The van der Waals surface area contributed by atoms with Crippen molar-refractivity contribution in [3.63, 3.8) is 0 Å². The topological polar surface area (TPSA) is 46.9 Å². The molecular weight excluding hydrogens is 293 g/mol. The average Bonchev–Trinajstić information content (AvgIpc) is 2.72. The van der Waals surface area contributed by atoms with E-state index >= 15 is 0 Å². The average molecular weight is 315 g/mol. The van der Waals surface area contributed by atoms with Crippen LogP contribution < -0.4 is 5.32 Å². The quantitative estimate of drug-likeness (QED) is 0.925. The van der Waals surface area contributed by atoms with Gasteiger partial charge in [0.25, 0.3) is 0 Å². The maximum absolute atomic E-state index is 13.6. The highest BCUT2D eigenvalue weighted by atomic mass is 19.1. The van der Waals surface area contributed by atoms with Gasteiger partial charge in [-0.2, -0.15) is 0 Å². The second kappa shape index (κ2) is 5.05. The number of anilines is 1. The molecule has 1 heterocycles. The second-order valence-corrected chi connectivity index (χ2v) is 7.39. The molecule has 0 spiro atoms. The van der Waals surface area contributed by atoms with Crippen LogP contribution >= 0.6 is 0 Å². The van der Waals surface area contributed by atoms with E-state index < -0.39 is 5.67 Å². The van der Waals surface area contributed by atoms with Crippen molar-refractivity contribution in [2.24, 2.45) is 5.92 Å². The first-order valence-electron chi connectivity index (χ1n) is 8.41. The highest BCUT2D eigenvalue weighted by Gasteiger charge is 2.44. The zero-order valence-electron chi connectivity index (χ0n) is 13.6. The van der Waals surface area contributed by atoms with Crippen LogP contribution in [-0.2, 0) is 4.79 Å². The Morgan fingerprint density at radius 1 is 1.39 bits per heavy atom. The van der Waals surface area contributed by atoms with E-state index in [1.54, 1.807) is 6.92 Å². The van der Waals surface area contributed by atoms with Gasteiger partial charge >= 0.3 is 0 Å². The summed E-state index contributed by atoms with van der Waals surface area (Å²) < 4.78 is 15.8. The number of hydrogen-bond acceptors (Lipinski definition) is 2. The summed E-state index contributed by atoms with van der Waals surface area (Å²) in [6, 6.07) is 6.56. The Labute approximate surface area is 135 Å². The van der Waals surface area contributed by atoms with Gasteiger partial charge in [0.2, 0.25) is 11.9 Å². The van der Waals surface area contributed by atoms with E-state index in [2.05, 4.69) is 27.9 Å². The fourth-order valence-electron chi connectivity index (χ4n) is 3.67. The summed E-state index contributed by atoms with van der Waals surface area (Å²) in [5, 5.41) is 2.95. The number of benzene rings is 1. The van der Waals surface area contributed by atoms with Crippen LogP contribution in [0.1, 0.15) is 50.6 Å². The molecule has 2 fully saturated rings. The lowest BCUT2D eigenvalue weighted by atomic mass is 9.73. The fraction of sp³-hybridized carbons (Fsp3) is 0.556. The van der Waals surface area contributed by atoms with Crippen molar-refractivity contribution in [3.05, 3.63) is 23.8 Å². The molecule has 5 heteroatoms. The van der Waals surface area contributed by atoms with Gasteiger partial charge in [0.1, 0.15) is 5.67 Å². The van der Waals surface area contributed by atoms with Crippen LogP contribution in [0.5, 0.6) is 0 Å². The van der Waals surface area contributed by atoms with E-state index in [0.717, 1.165) is 23.9 Å². The van der Waals surface area contributed by atoms with Crippen molar-refractivity contribution < 1.29 is 9.18 Å². The molecule has 0 radical (unpaired) electrons. The van der Waals surface area contributed by atoms with E-state index in [1.165, 1.54) is 12.0 Å². The van der Waals surface area contributed by atoms with Crippen LogP contribution in [0.4, 0.5) is 10.3 Å². The Bertz CT molecular complexity index is 768. The second-order valence-electron chi connectivity index (χ2n) is 7.39. The molecule has 122 valence electrons. The molecule has 23 heavy (non-hydrogen) atoms. The molecule has 1 amide bonds. The van der Waals surface area contributed by atoms with Crippen LogP contribution in [0.2, 0.25) is 0 Å². The number of alkyl halides is 1. The maximum Gasteiger partial charge on any atom is 0.230 e. The fourth-order valence-corrected chi connectivity index (χ4v) is 3.67. The molecule has 2 aromatic rings. The van der Waals surface area contributed by atoms with Crippen LogP contribution in [0.15, 0.2) is 18.2 Å². The Balaban J connectivity index is 1.65. The minimum atomic E-state index is -1.19. The highest BCUT2D eigenvalue weighted by molar-refractivity contribution is 5.94. The predicted molar refractivity (Wildman–Crippen MR) is 88.2 cm³/mol. The molecule has 1 aromatic carbocycles. The molecule has 0 saturated heterocycles. The smallest absolute Gasteiger partial charge is 0.230 e. The van der Waals surface area contributed by atoms with Crippen LogP contribution in [0, 0.1) is 12.8 Å². The molecule has 0 bridgehead atoms. The van der Waals surface area contributed by atoms with Crippen LogP contribution in [0.25, 0.3) is 11.0 Å². The normalized spacial score (nSPS) is 27.5. The highest BCUT2D eigenvalue weighted by Crippen LogP contribution is 2.42. The summed E-state index contributed by atoms with van der Waals surface area (Å²) in [5.74, 6) is 0.280. The number of nitrogens with one attached hydrogen (secondary N) is 1. The molecule has 0 unspecified atom stereocenters. The SMILES string of the molecule is Cc1ccc2nc(NC(=O)C3CC(C)(F)C3)n(C3CCC3)c2c1. The van der Waals surface area contributed by atoms with E-state index in [9.17, 15) is 9.18 Å².